The Bertz CT molecular complexity index is 1170. The van der Waals surface area contributed by atoms with Crippen LogP contribution in [-0.2, 0) is 6.18 Å². The predicted molar refractivity (Wildman–Crippen MR) is 97.7 cm³/mol. The van der Waals surface area contributed by atoms with Crippen LogP contribution in [0.5, 0.6) is 0 Å². The van der Waals surface area contributed by atoms with Gasteiger partial charge in [0.1, 0.15) is 11.8 Å². The Labute approximate surface area is 166 Å². The molecule has 4 rings (SSSR count). The van der Waals surface area contributed by atoms with Crippen molar-refractivity contribution in [1.82, 2.24) is 29.7 Å². The van der Waals surface area contributed by atoms with Crippen molar-refractivity contribution in [2.75, 3.05) is 5.32 Å². The summed E-state index contributed by atoms with van der Waals surface area (Å²) in [7, 11) is 0. The van der Waals surface area contributed by atoms with Crippen LogP contribution in [0.1, 0.15) is 29.9 Å². The van der Waals surface area contributed by atoms with E-state index in [1.165, 1.54) is 11.0 Å². The van der Waals surface area contributed by atoms with Gasteiger partial charge in [0.05, 0.1) is 16.6 Å². The summed E-state index contributed by atoms with van der Waals surface area (Å²) in [5, 5.41) is 6.61. The van der Waals surface area contributed by atoms with Gasteiger partial charge in [0.15, 0.2) is 11.4 Å². The summed E-state index contributed by atoms with van der Waals surface area (Å²) in [6.07, 6.45) is 0.0527. The van der Waals surface area contributed by atoms with Gasteiger partial charge in [0, 0.05) is 18.5 Å². The van der Waals surface area contributed by atoms with Gasteiger partial charge in [-0.1, -0.05) is 11.6 Å². The number of hydrogen-bond donors (Lipinski definition) is 1. The topological polar surface area (TPSA) is 94.6 Å². The maximum atomic E-state index is 13.0. The molecule has 0 bridgehead atoms. The molecule has 0 saturated carbocycles. The van der Waals surface area contributed by atoms with Crippen molar-refractivity contribution in [3.8, 4) is 5.95 Å². The second-order valence-electron chi connectivity index (χ2n) is 6.27. The summed E-state index contributed by atoms with van der Waals surface area (Å²) in [4.78, 5) is 16.7. The van der Waals surface area contributed by atoms with Crippen LogP contribution in [-0.4, -0.2) is 29.7 Å². The molecule has 8 nitrogen and oxygen atoms in total. The first-order valence-corrected chi connectivity index (χ1v) is 8.73. The van der Waals surface area contributed by atoms with Crippen molar-refractivity contribution in [2.24, 2.45) is 0 Å². The molecule has 29 heavy (non-hydrogen) atoms. The number of oxazole rings is 1. The highest BCUT2D eigenvalue weighted by Crippen LogP contribution is 2.37. The minimum atomic E-state index is -4.59. The summed E-state index contributed by atoms with van der Waals surface area (Å²) in [5.74, 6) is 0.793. The smallest absolute Gasteiger partial charge is 0.417 e. The van der Waals surface area contributed by atoms with Gasteiger partial charge in [-0.2, -0.15) is 27.9 Å². The van der Waals surface area contributed by atoms with Gasteiger partial charge in [0.25, 0.3) is 12.0 Å². The number of hydrogen-bond acceptors (Lipinski definition) is 7. The highest BCUT2D eigenvalue weighted by molar-refractivity contribution is 6.32. The van der Waals surface area contributed by atoms with E-state index in [-0.39, 0.29) is 17.1 Å². The Morgan fingerprint density at radius 1 is 1.17 bits per heavy atom. The number of aryl methyl sites for hydroxylation is 1. The molecule has 0 aliphatic heterocycles. The molecule has 3 aromatic heterocycles. The third-order valence-corrected chi connectivity index (χ3v) is 4.35. The Morgan fingerprint density at radius 2 is 1.90 bits per heavy atom. The van der Waals surface area contributed by atoms with Crippen LogP contribution in [0.15, 0.2) is 35.3 Å². The van der Waals surface area contributed by atoms with E-state index in [4.69, 9.17) is 16.0 Å². The van der Waals surface area contributed by atoms with Crippen molar-refractivity contribution >= 4 is 28.7 Å². The first kappa shape index (κ1) is 19.1. The monoisotopic (exact) mass is 423 g/mol. The van der Waals surface area contributed by atoms with Crippen LogP contribution in [0.25, 0.3) is 17.0 Å². The number of nitrogens with zero attached hydrogens (tertiary/aromatic N) is 6. The van der Waals surface area contributed by atoms with E-state index < -0.39 is 22.8 Å². The van der Waals surface area contributed by atoms with Crippen LogP contribution < -0.4 is 5.32 Å². The van der Waals surface area contributed by atoms with Crippen molar-refractivity contribution in [1.29, 1.82) is 0 Å². The third kappa shape index (κ3) is 3.73. The zero-order valence-electron chi connectivity index (χ0n) is 15.1. The van der Waals surface area contributed by atoms with Crippen LogP contribution in [0.2, 0.25) is 5.02 Å². The van der Waals surface area contributed by atoms with Crippen LogP contribution in [0, 0.1) is 6.92 Å². The zero-order chi connectivity index (χ0) is 20.8. The van der Waals surface area contributed by atoms with Gasteiger partial charge in [-0.15, -0.1) is 0 Å². The molecule has 1 N–H and O–H groups in total. The van der Waals surface area contributed by atoms with Gasteiger partial charge in [-0.05, 0) is 25.5 Å². The molecule has 0 aliphatic rings. The molecule has 0 unspecified atom stereocenters. The molecule has 0 fully saturated rings. The lowest BCUT2D eigenvalue weighted by Crippen LogP contribution is -2.15. The number of anilines is 1. The molecule has 3 heterocycles. The molecular weight excluding hydrogens is 411 g/mol. The van der Waals surface area contributed by atoms with E-state index >= 15 is 0 Å². The normalized spacial score (nSPS) is 13.0. The number of fused-ring (bicyclic) bond motifs is 1. The van der Waals surface area contributed by atoms with E-state index in [1.807, 2.05) is 6.92 Å². The quantitative estimate of drug-likeness (QED) is 0.521. The number of alkyl halides is 3. The molecule has 0 amide bonds. The van der Waals surface area contributed by atoms with E-state index in [0.717, 1.165) is 17.7 Å². The Hall–Kier alpha value is -3.21. The van der Waals surface area contributed by atoms with Crippen molar-refractivity contribution in [3.05, 3.63) is 52.8 Å². The Morgan fingerprint density at radius 3 is 2.59 bits per heavy atom. The fourth-order valence-corrected chi connectivity index (χ4v) is 2.93. The number of halogens is 4. The van der Waals surface area contributed by atoms with E-state index in [9.17, 15) is 13.2 Å². The molecule has 0 spiro atoms. The third-order valence-electron chi connectivity index (χ3n) is 4.04. The van der Waals surface area contributed by atoms with Gasteiger partial charge in [0.2, 0.25) is 0 Å². The van der Waals surface area contributed by atoms with Crippen molar-refractivity contribution < 1.29 is 17.6 Å². The summed E-state index contributed by atoms with van der Waals surface area (Å²) in [5.41, 5.74) is 0.0709. The van der Waals surface area contributed by atoms with E-state index in [2.05, 4.69) is 30.4 Å². The van der Waals surface area contributed by atoms with Gasteiger partial charge >= 0.3 is 6.18 Å². The molecule has 150 valence electrons. The van der Waals surface area contributed by atoms with Crippen LogP contribution in [0.3, 0.4) is 0 Å². The fraction of sp³-hybridized carbons (Fsp3) is 0.235. The minimum Gasteiger partial charge on any atom is -0.423 e. The zero-order valence-corrected chi connectivity index (χ0v) is 15.8. The molecule has 1 atom stereocenters. The molecule has 4 aromatic rings. The fourth-order valence-electron chi connectivity index (χ4n) is 2.67. The Kier molecular flexibility index (Phi) is 4.61. The second kappa shape index (κ2) is 6.99. The first-order chi connectivity index (χ1) is 13.7. The summed E-state index contributed by atoms with van der Waals surface area (Å²) in [6.45, 7) is 3.62. The molecule has 1 aromatic carbocycles. The second-order valence-corrected chi connectivity index (χ2v) is 6.68. The largest absolute Gasteiger partial charge is 0.423 e. The highest BCUT2D eigenvalue weighted by Gasteiger charge is 2.34. The maximum absolute atomic E-state index is 13.0. The molecule has 0 aliphatic carbocycles. The maximum Gasteiger partial charge on any atom is 0.417 e. The van der Waals surface area contributed by atoms with Gasteiger partial charge in [-0.3, -0.25) is 0 Å². The number of rotatable bonds is 4. The first-order valence-electron chi connectivity index (χ1n) is 8.35. The average molecular weight is 424 g/mol. The van der Waals surface area contributed by atoms with Crippen molar-refractivity contribution in [2.45, 2.75) is 26.1 Å². The lowest BCUT2D eigenvalue weighted by molar-refractivity contribution is -0.137. The molecule has 12 heteroatoms. The van der Waals surface area contributed by atoms with E-state index in [1.54, 1.807) is 19.3 Å². The standard InChI is InChI=1S/C17H13ClF3N7O/c1-8-5-22-15(23-6-8)28-14(24-7-25-28)9(2)26-16-27-12-3-10(17(19,20)21)11(18)4-13(12)29-16/h3-7,9H,1-2H3,(H,26,27)/t9-/m0/s1. The number of aromatic nitrogens is 6. The summed E-state index contributed by atoms with van der Waals surface area (Å²) < 4.78 is 46.0. The van der Waals surface area contributed by atoms with Crippen molar-refractivity contribution in [3.63, 3.8) is 0 Å². The Balaban J connectivity index is 1.62. The lowest BCUT2D eigenvalue weighted by atomic mass is 10.2. The van der Waals surface area contributed by atoms with E-state index in [0.29, 0.717) is 11.8 Å². The molecule has 0 radical (unpaired) electrons. The van der Waals surface area contributed by atoms with Gasteiger partial charge < -0.3 is 9.73 Å². The summed E-state index contributed by atoms with van der Waals surface area (Å²) in [6, 6.07) is 1.49. The SMILES string of the molecule is Cc1cnc(-n2ncnc2[C@H](C)Nc2nc3cc(C(F)(F)F)c(Cl)cc3o2)nc1. The van der Waals surface area contributed by atoms with Gasteiger partial charge in [-0.25, -0.2) is 15.0 Å². The molecule has 0 saturated heterocycles. The highest BCUT2D eigenvalue weighted by atomic mass is 35.5. The minimum absolute atomic E-state index is 0.0160. The summed E-state index contributed by atoms with van der Waals surface area (Å²) >= 11 is 5.72. The number of benzene rings is 1. The lowest BCUT2D eigenvalue weighted by Gasteiger charge is -2.12. The van der Waals surface area contributed by atoms with Crippen LogP contribution in [0.4, 0.5) is 19.2 Å². The molecular formula is C17H13ClF3N7O. The number of nitrogens with one attached hydrogen (secondary N) is 1. The average Bonchev–Trinajstić information content (AvgIpc) is 3.27. The predicted octanol–water partition coefficient (Wildman–Crippen LogP) is 4.35. The van der Waals surface area contributed by atoms with Crippen LogP contribution >= 0.6 is 11.6 Å².